The van der Waals surface area contributed by atoms with Gasteiger partial charge >= 0.3 is 0 Å². The monoisotopic (exact) mass is 232 g/mol. The molecule has 0 unspecified atom stereocenters. The molecule has 0 bridgehead atoms. The van der Waals surface area contributed by atoms with E-state index in [4.69, 9.17) is 5.73 Å². The summed E-state index contributed by atoms with van der Waals surface area (Å²) in [5.41, 5.74) is 7.12. The van der Waals surface area contributed by atoms with Crippen LogP contribution in [0.15, 0.2) is 30.3 Å². The van der Waals surface area contributed by atoms with Crippen LogP contribution in [0.2, 0.25) is 0 Å². The molecule has 0 atom stereocenters. The molecule has 1 aromatic carbocycles. The molecule has 0 saturated heterocycles. The fraction of sp³-hybridized carbons (Fsp3) is 0.600. The number of hydrogen-bond acceptors (Lipinski definition) is 2. The quantitative estimate of drug-likeness (QED) is 0.817. The Morgan fingerprint density at radius 2 is 1.82 bits per heavy atom. The van der Waals surface area contributed by atoms with E-state index >= 15 is 0 Å². The first kappa shape index (κ1) is 12.6. The lowest BCUT2D eigenvalue weighted by Gasteiger charge is -2.25. The van der Waals surface area contributed by atoms with Crippen LogP contribution >= 0.6 is 0 Å². The Morgan fingerprint density at radius 1 is 1.12 bits per heavy atom. The van der Waals surface area contributed by atoms with Gasteiger partial charge in [-0.1, -0.05) is 43.2 Å². The number of benzene rings is 1. The van der Waals surface area contributed by atoms with Crippen molar-refractivity contribution in [2.75, 3.05) is 19.6 Å². The summed E-state index contributed by atoms with van der Waals surface area (Å²) in [5, 5.41) is 0. The maximum Gasteiger partial charge on any atom is 0.0234 e. The molecule has 0 aromatic heterocycles. The van der Waals surface area contributed by atoms with Crippen molar-refractivity contribution in [1.82, 2.24) is 4.90 Å². The van der Waals surface area contributed by atoms with Gasteiger partial charge in [-0.05, 0) is 24.3 Å². The molecule has 0 spiro atoms. The molecule has 94 valence electrons. The number of nitrogens with zero attached hydrogens (tertiary/aromatic N) is 1. The maximum atomic E-state index is 5.72. The van der Waals surface area contributed by atoms with Gasteiger partial charge in [-0.15, -0.1) is 0 Å². The summed E-state index contributed by atoms with van der Waals surface area (Å²) in [6.45, 7) is 4.06. The van der Waals surface area contributed by atoms with Crippen molar-refractivity contribution in [1.29, 1.82) is 0 Å². The molecule has 2 nitrogen and oxygen atoms in total. The lowest BCUT2D eigenvalue weighted by Crippen LogP contribution is -2.32. The predicted octanol–water partition coefficient (Wildman–Crippen LogP) is 2.64. The number of rotatable bonds is 6. The highest BCUT2D eigenvalue weighted by molar-refractivity contribution is 5.14. The highest BCUT2D eigenvalue weighted by Gasteiger charge is 2.18. The minimum atomic E-state index is 0.763. The van der Waals surface area contributed by atoms with Gasteiger partial charge in [0, 0.05) is 26.2 Å². The largest absolute Gasteiger partial charge is 0.329 e. The second-order valence-electron chi connectivity index (χ2n) is 5.16. The van der Waals surface area contributed by atoms with E-state index in [9.17, 15) is 0 Å². The molecule has 2 heteroatoms. The molecular formula is C15H24N2. The van der Waals surface area contributed by atoms with E-state index in [1.54, 1.807) is 0 Å². The Kier molecular flexibility index (Phi) is 5.02. The summed E-state index contributed by atoms with van der Waals surface area (Å²) < 4.78 is 0. The molecule has 17 heavy (non-hydrogen) atoms. The molecule has 1 aliphatic rings. The standard InChI is InChI=1S/C15H24N2/c16-10-11-17(13-15-8-4-5-9-15)12-14-6-2-1-3-7-14/h1-3,6-7,15H,4-5,8-13,16H2. The van der Waals surface area contributed by atoms with Crippen LogP contribution in [-0.2, 0) is 6.54 Å². The van der Waals surface area contributed by atoms with Crippen LogP contribution < -0.4 is 5.73 Å². The zero-order valence-corrected chi connectivity index (χ0v) is 10.6. The Labute approximate surface area is 105 Å². The van der Waals surface area contributed by atoms with E-state index in [0.717, 1.165) is 25.6 Å². The van der Waals surface area contributed by atoms with Crippen molar-refractivity contribution in [3.63, 3.8) is 0 Å². The Hall–Kier alpha value is -0.860. The summed E-state index contributed by atoms with van der Waals surface area (Å²) in [7, 11) is 0. The minimum Gasteiger partial charge on any atom is -0.329 e. The molecule has 1 saturated carbocycles. The number of hydrogen-bond donors (Lipinski definition) is 1. The van der Waals surface area contributed by atoms with Crippen LogP contribution in [0.5, 0.6) is 0 Å². The summed E-state index contributed by atoms with van der Waals surface area (Å²) in [5.74, 6) is 0.908. The molecule has 0 heterocycles. The SMILES string of the molecule is NCCN(Cc1ccccc1)CC1CCCC1. The highest BCUT2D eigenvalue weighted by atomic mass is 15.1. The molecule has 2 N–H and O–H groups in total. The molecule has 0 radical (unpaired) electrons. The van der Waals surface area contributed by atoms with E-state index in [1.165, 1.54) is 37.8 Å². The second kappa shape index (κ2) is 6.77. The summed E-state index contributed by atoms with van der Waals surface area (Å²) in [6, 6.07) is 10.7. The third kappa shape index (κ3) is 4.14. The Bertz CT molecular complexity index is 304. The van der Waals surface area contributed by atoms with Crippen LogP contribution in [0.4, 0.5) is 0 Å². The van der Waals surface area contributed by atoms with Crippen molar-refractivity contribution < 1.29 is 0 Å². The van der Waals surface area contributed by atoms with E-state index < -0.39 is 0 Å². The lowest BCUT2D eigenvalue weighted by molar-refractivity contribution is 0.229. The van der Waals surface area contributed by atoms with Crippen molar-refractivity contribution in [3.8, 4) is 0 Å². The van der Waals surface area contributed by atoms with E-state index in [1.807, 2.05) is 0 Å². The van der Waals surface area contributed by atoms with Crippen LogP contribution in [0.3, 0.4) is 0 Å². The lowest BCUT2D eigenvalue weighted by atomic mass is 10.1. The molecule has 1 aromatic rings. The first-order valence-electron chi connectivity index (χ1n) is 6.85. The molecule has 0 amide bonds. The normalized spacial score (nSPS) is 16.8. The van der Waals surface area contributed by atoms with Crippen LogP contribution in [0.1, 0.15) is 31.2 Å². The summed E-state index contributed by atoms with van der Waals surface area (Å²) >= 11 is 0. The molecular weight excluding hydrogens is 208 g/mol. The Balaban J connectivity index is 1.87. The van der Waals surface area contributed by atoms with E-state index in [0.29, 0.717) is 0 Å². The zero-order valence-electron chi connectivity index (χ0n) is 10.6. The van der Waals surface area contributed by atoms with Gasteiger partial charge < -0.3 is 5.73 Å². The van der Waals surface area contributed by atoms with Gasteiger partial charge in [-0.2, -0.15) is 0 Å². The molecule has 1 aliphatic carbocycles. The number of nitrogens with two attached hydrogens (primary N) is 1. The minimum absolute atomic E-state index is 0.763. The fourth-order valence-electron chi connectivity index (χ4n) is 2.82. The Morgan fingerprint density at radius 3 is 2.47 bits per heavy atom. The summed E-state index contributed by atoms with van der Waals surface area (Å²) in [4.78, 5) is 2.52. The van der Waals surface area contributed by atoms with Gasteiger partial charge in [-0.3, -0.25) is 4.90 Å². The van der Waals surface area contributed by atoms with Crippen molar-refractivity contribution in [3.05, 3.63) is 35.9 Å². The van der Waals surface area contributed by atoms with Crippen molar-refractivity contribution >= 4 is 0 Å². The van der Waals surface area contributed by atoms with Crippen LogP contribution in [0, 0.1) is 5.92 Å². The van der Waals surface area contributed by atoms with Crippen LogP contribution in [-0.4, -0.2) is 24.5 Å². The summed E-state index contributed by atoms with van der Waals surface area (Å²) in [6.07, 6.45) is 5.67. The van der Waals surface area contributed by atoms with Gasteiger partial charge in [-0.25, -0.2) is 0 Å². The molecule has 0 aliphatic heterocycles. The first-order valence-corrected chi connectivity index (χ1v) is 6.85. The topological polar surface area (TPSA) is 29.3 Å². The molecule has 1 fully saturated rings. The zero-order chi connectivity index (χ0) is 11.9. The van der Waals surface area contributed by atoms with E-state index in [-0.39, 0.29) is 0 Å². The van der Waals surface area contributed by atoms with Gasteiger partial charge in [0.25, 0.3) is 0 Å². The smallest absolute Gasteiger partial charge is 0.0234 e. The van der Waals surface area contributed by atoms with Crippen LogP contribution in [0.25, 0.3) is 0 Å². The van der Waals surface area contributed by atoms with Gasteiger partial charge in [0.15, 0.2) is 0 Å². The maximum absolute atomic E-state index is 5.72. The van der Waals surface area contributed by atoms with E-state index in [2.05, 4.69) is 35.2 Å². The third-order valence-corrected chi connectivity index (χ3v) is 3.69. The first-order chi connectivity index (χ1) is 8.38. The van der Waals surface area contributed by atoms with Gasteiger partial charge in [0.2, 0.25) is 0 Å². The van der Waals surface area contributed by atoms with Gasteiger partial charge in [0.1, 0.15) is 0 Å². The van der Waals surface area contributed by atoms with Gasteiger partial charge in [0.05, 0.1) is 0 Å². The third-order valence-electron chi connectivity index (χ3n) is 3.69. The predicted molar refractivity (Wildman–Crippen MR) is 72.7 cm³/mol. The molecule has 2 rings (SSSR count). The van der Waals surface area contributed by atoms with Crippen molar-refractivity contribution in [2.45, 2.75) is 32.2 Å². The highest BCUT2D eigenvalue weighted by Crippen LogP contribution is 2.25. The van der Waals surface area contributed by atoms with Crippen molar-refractivity contribution in [2.24, 2.45) is 11.7 Å². The fourth-order valence-corrected chi connectivity index (χ4v) is 2.82. The average Bonchev–Trinajstić information content (AvgIpc) is 2.83. The second-order valence-corrected chi connectivity index (χ2v) is 5.16. The average molecular weight is 232 g/mol.